The first-order valence-electron chi connectivity index (χ1n) is 7.27. The van der Waals surface area contributed by atoms with E-state index < -0.39 is 0 Å². The normalized spacial score (nSPS) is 40.3. The molecule has 3 saturated carbocycles. The molecule has 0 radical (unpaired) electrons. The van der Waals surface area contributed by atoms with Crippen molar-refractivity contribution in [3.8, 4) is 0 Å². The number of hydrogen-bond acceptors (Lipinski definition) is 1. The van der Waals surface area contributed by atoms with Gasteiger partial charge in [-0.25, -0.2) is 4.39 Å². The zero-order valence-electron chi connectivity index (χ0n) is 10.7. The van der Waals surface area contributed by atoms with E-state index in [1.54, 1.807) is 6.07 Å². The van der Waals surface area contributed by atoms with Gasteiger partial charge < -0.3 is 5.11 Å². The van der Waals surface area contributed by atoms with Gasteiger partial charge in [0, 0.05) is 11.4 Å². The molecule has 3 aliphatic rings. The van der Waals surface area contributed by atoms with Crippen molar-refractivity contribution in [2.75, 3.05) is 0 Å². The Kier molecular flexibility index (Phi) is 2.69. The molecule has 5 atom stereocenters. The Bertz CT molecular complexity index is 501. The Hall–Kier alpha value is -0.600. The third-order valence-corrected chi connectivity index (χ3v) is 6.04. The predicted octanol–water partition coefficient (Wildman–Crippen LogP) is 3.67. The van der Waals surface area contributed by atoms with Gasteiger partial charge in [-0.15, -0.1) is 0 Å². The van der Waals surface area contributed by atoms with Crippen LogP contribution in [0.15, 0.2) is 18.2 Å². The van der Waals surface area contributed by atoms with Gasteiger partial charge in [-0.1, -0.05) is 17.7 Å². The van der Waals surface area contributed by atoms with E-state index >= 15 is 0 Å². The fourth-order valence-corrected chi connectivity index (χ4v) is 5.20. The maximum Gasteiger partial charge on any atom is 0.124 e. The first-order valence-corrected chi connectivity index (χ1v) is 7.65. The van der Waals surface area contributed by atoms with E-state index in [2.05, 4.69) is 0 Å². The number of rotatable bonds is 3. The molecule has 2 bridgehead atoms. The van der Waals surface area contributed by atoms with Crippen LogP contribution in [0.5, 0.6) is 0 Å². The van der Waals surface area contributed by atoms with Gasteiger partial charge in [-0.2, -0.15) is 0 Å². The number of aliphatic hydroxyl groups is 1. The molecule has 4 rings (SSSR count). The summed E-state index contributed by atoms with van der Waals surface area (Å²) in [6.45, 7) is 0. The summed E-state index contributed by atoms with van der Waals surface area (Å²) in [5.41, 5.74) is 0.868. The minimum Gasteiger partial charge on any atom is -0.392 e. The van der Waals surface area contributed by atoms with Gasteiger partial charge in [0.2, 0.25) is 0 Å². The average Bonchev–Trinajstić information content (AvgIpc) is 2.82. The number of aliphatic hydroxyl groups excluding tert-OH is 1. The average molecular weight is 281 g/mol. The highest BCUT2D eigenvalue weighted by atomic mass is 35.5. The van der Waals surface area contributed by atoms with E-state index in [0.29, 0.717) is 17.4 Å². The highest BCUT2D eigenvalue weighted by Gasteiger charge is 2.66. The van der Waals surface area contributed by atoms with Crippen LogP contribution in [0.2, 0.25) is 5.02 Å². The van der Waals surface area contributed by atoms with Crippen LogP contribution in [-0.2, 0) is 6.42 Å². The lowest BCUT2D eigenvalue weighted by Gasteiger charge is -2.16. The van der Waals surface area contributed by atoms with Crippen molar-refractivity contribution in [1.82, 2.24) is 0 Å². The van der Waals surface area contributed by atoms with Crippen molar-refractivity contribution in [2.24, 2.45) is 29.6 Å². The second kappa shape index (κ2) is 4.20. The van der Waals surface area contributed by atoms with Crippen molar-refractivity contribution in [2.45, 2.75) is 31.8 Å². The Morgan fingerprint density at radius 1 is 1.26 bits per heavy atom. The summed E-state index contributed by atoms with van der Waals surface area (Å²) in [5.74, 6) is 3.45. The zero-order valence-corrected chi connectivity index (χ0v) is 11.5. The van der Waals surface area contributed by atoms with Crippen LogP contribution in [0.3, 0.4) is 0 Å². The van der Waals surface area contributed by atoms with Crippen molar-refractivity contribution in [1.29, 1.82) is 0 Å². The maximum absolute atomic E-state index is 13.0. The summed E-state index contributed by atoms with van der Waals surface area (Å²) in [4.78, 5) is 0. The summed E-state index contributed by atoms with van der Waals surface area (Å²) < 4.78 is 13.0. The first-order chi connectivity index (χ1) is 9.15. The van der Waals surface area contributed by atoms with E-state index in [9.17, 15) is 9.50 Å². The number of halogens is 2. The second-order valence-electron chi connectivity index (χ2n) is 6.57. The van der Waals surface area contributed by atoms with Crippen LogP contribution >= 0.6 is 11.6 Å². The quantitative estimate of drug-likeness (QED) is 0.896. The van der Waals surface area contributed by atoms with E-state index in [0.717, 1.165) is 29.2 Å². The molecular weight excluding hydrogens is 263 g/mol. The molecule has 1 nitrogen and oxygen atoms in total. The van der Waals surface area contributed by atoms with Crippen molar-refractivity contribution in [3.63, 3.8) is 0 Å². The molecule has 102 valence electrons. The van der Waals surface area contributed by atoms with Gasteiger partial charge >= 0.3 is 0 Å². The fourth-order valence-electron chi connectivity index (χ4n) is 4.96. The molecule has 0 aromatic heterocycles. The van der Waals surface area contributed by atoms with Crippen molar-refractivity contribution in [3.05, 3.63) is 34.6 Å². The molecule has 0 spiro atoms. The van der Waals surface area contributed by atoms with E-state index in [4.69, 9.17) is 11.6 Å². The third kappa shape index (κ3) is 1.84. The largest absolute Gasteiger partial charge is 0.392 e. The van der Waals surface area contributed by atoms with Crippen LogP contribution in [0.4, 0.5) is 4.39 Å². The molecule has 0 aliphatic heterocycles. The Labute approximate surface area is 117 Å². The lowest BCUT2D eigenvalue weighted by atomic mass is 9.95. The van der Waals surface area contributed by atoms with Crippen LogP contribution < -0.4 is 0 Å². The molecule has 0 heterocycles. The molecule has 1 aromatic rings. The van der Waals surface area contributed by atoms with Crippen LogP contribution in [0.1, 0.15) is 24.8 Å². The minimum absolute atomic E-state index is 0.304. The van der Waals surface area contributed by atoms with Gasteiger partial charge in [0.1, 0.15) is 5.82 Å². The molecule has 1 N–H and O–H groups in total. The highest BCUT2D eigenvalue weighted by molar-refractivity contribution is 6.31. The van der Waals surface area contributed by atoms with Crippen LogP contribution in [-0.4, -0.2) is 11.2 Å². The highest BCUT2D eigenvalue weighted by Crippen LogP contribution is 2.70. The lowest BCUT2D eigenvalue weighted by molar-refractivity contribution is 0.128. The standard InChI is InChI=1S/C16H18ClFO/c17-12-7-11(18)4-3-8(12)6-13(19)16-14-9-1-2-10(5-9)15(14)16/h3-4,7,9-10,13-16,19H,1-2,5-6H2. The third-order valence-electron chi connectivity index (χ3n) is 5.68. The van der Waals surface area contributed by atoms with E-state index in [1.807, 2.05) is 0 Å². The van der Waals surface area contributed by atoms with Crippen LogP contribution in [0.25, 0.3) is 0 Å². The van der Waals surface area contributed by atoms with Gasteiger partial charge in [-0.05, 0) is 66.5 Å². The summed E-state index contributed by atoms with van der Waals surface area (Å²) in [6, 6.07) is 4.46. The summed E-state index contributed by atoms with van der Waals surface area (Å²) in [6.07, 6.45) is 4.39. The second-order valence-corrected chi connectivity index (χ2v) is 6.98. The number of benzene rings is 1. The maximum atomic E-state index is 13.0. The fraction of sp³-hybridized carbons (Fsp3) is 0.625. The summed E-state index contributed by atoms with van der Waals surface area (Å²) in [7, 11) is 0. The van der Waals surface area contributed by atoms with Crippen molar-refractivity contribution < 1.29 is 9.50 Å². The van der Waals surface area contributed by atoms with Gasteiger partial charge in [-0.3, -0.25) is 0 Å². The summed E-state index contributed by atoms with van der Waals surface area (Å²) >= 11 is 6.04. The van der Waals surface area contributed by atoms with E-state index in [1.165, 1.54) is 31.4 Å². The zero-order chi connectivity index (χ0) is 13.1. The monoisotopic (exact) mass is 280 g/mol. The molecule has 0 saturated heterocycles. The van der Waals surface area contributed by atoms with Crippen molar-refractivity contribution >= 4 is 11.6 Å². The van der Waals surface area contributed by atoms with Gasteiger partial charge in [0.25, 0.3) is 0 Å². The molecule has 3 aliphatic carbocycles. The smallest absolute Gasteiger partial charge is 0.124 e. The Morgan fingerprint density at radius 3 is 2.58 bits per heavy atom. The summed E-state index contributed by atoms with van der Waals surface area (Å²) in [5, 5.41) is 10.9. The van der Waals surface area contributed by atoms with Gasteiger partial charge in [0.05, 0.1) is 6.10 Å². The predicted molar refractivity (Wildman–Crippen MR) is 72.4 cm³/mol. The molecule has 0 amide bonds. The number of hydrogen-bond donors (Lipinski definition) is 1. The molecule has 1 aromatic carbocycles. The molecule has 3 heteroatoms. The molecule has 19 heavy (non-hydrogen) atoms. The van der Waals surface area contributed by atoms with E-state index in [-0.39, 0.29) is 11.9 Å². The first kappa shape index (κ1) is 12.2. The molecule has 5 unspecified atom stereocenters. The molecule has 3 fully saturated rings. The van der Waals surface area contributed by atoms with Gasteiger partial charge in [0.15, 0.2) is 0 Å². The lowest BCUT2D eigenvalue weighted by Crippen LogP contribution is -2.18. The minimum atomic E-state index is -0.315. The van der Waals surface area contributed by atoms with Crippen LogP contribution in [0, 0.1) is 35.4 Å². The Morgan fingerprint density at radius 2 is 1.95 bits per heavy atom. The number of fused-ring (bicyclic) bond motifs is 5. The Balaban J connectivity index is 1.47. The molecular formula is C16H18ClFO. The topological polar surface area (TPSA) is 20.2 Å². The SMILES string of the molecule is OC(Cc1ccc(F)cc1Cl)C1C2C3CCC(C3)C12.